The summed E-state index contributed by atoms with van der Waals surface area (Å²) in [6.07, 6.45) is 0. The highest BCUT2D eigenvalue weighted by molar-refractivity contribution is 6.15. The van der Waals surface area contributed by atoms with Crippen LogP contribution in [0.15, 0.2) is 194 Å². The Bertz CT molecular complexity index is 3070. The normalized spacial score (nSPS) is 13.4. The lowest BCUT2D eigenvalue weighted by atomic mass is 9.49. The van der Waals surface area contributed by atoms with Crippen LogP contribution in [0, 0.1) is 0 Å². The van der Waals surface area contributed by atoms with Crippen molar-refractivity contribution in [2.45, 2.75) is 5.41 Å². The van der Waals surface area contributed by atoms with Gasteiger partial charge in [-0.05, 0) is 98.1 Å². The first-order valence-corrected chi connectivity index (χ1v) is 18.4. The summed E-state index contributed by atoms with van der Waals surface area (Å²) in [4.78, 5) is 2.47. The van der Waals surface area contributed by atoms with E-state index in [9.17, 15) is 0 Å². The molecule has 0 amide bonds. The Balaban J connectivity index is 1.11. The van der Waals surface area contributed by atoms with Gasteiger partial charge in [0.25, 0.3) is 0 Å². The van der Waals surface area contributed by atoms with E-state index in [1.54, 1.807) is 0 Å². The number of fused-ring (bicyclic) bond motifs is 7. The van der Waals surface area contributed by atoms with Gasteiger partial charge in [-0.1, -0.05) is 146 Å². The molecule has 0 fully saturated rings. The number of rotatable bonds is 5. The molecule has 0 aliphatic heterocycles. The van der Waals surface area contributed by atoms with Crippen molar-refractivity contribution in [1.82, 2.24) is 4.57 Å². The molecule has 1 aromatic heterocycles. The molecule has 0 radical (unpaired) electrons. The maximum atomic E-state index is 2.47. The highest BCUT2D eigenvalue weighted by Crippen LogP contribution is 2.65. The van der Waals surface area contributed by atoms with Crippen molar-refractivity contribution in [2.75, 3.05) is 4.90 Å². The topological polar surface area (TPSA) is 8.17 Å². The Labute approximate surface area is 307 Å². The molecule has 12 rings (SSSR count). The zero-order chi connectivity index (χ0) is 34.7. The molecule has 0 N–H and O–H groups in total. The lowest BCUT2D eigenvalue weighted by Gasteiger charge is -2.52. The van der Waals surface area contributed by atoms with Crippen LogP contribution in [0.3, 0.4) is 0 Å². The summed E-state index contributed by atoms with van der Waals surface area (Å²) < 4.78 is 2.41. The van der Waals surface area contributed by atoms with Gasteiger partial charge < -0.3 is 9.47 Å². The average Bonchev–Trinajstić information content (AvgIpc) is 3.55. The standard InChI is InChI=1S/C51H32N2/c1-3-13-33(14-4-1)35-17-9-20-37(31-35)52(38-27-28-40-39-21-7-8-26-46(39)53(48(40)32-38)36-18-5-2-6-19-36)47-30-29-45-50-41(47)22-12-25-44(50)51(45)42-23-10-15-34-16-11-24-43(51)49(34)42/h1-32H. The van der Waals surface area contributed by atoms with Gasteiger partial charge in [0.2, 0.25) is 0 Å². The van der Waals surface area contributed by atoms with Crippen molar-refractivity contribution in [2.24, 2.45) is 0 Å². The summed E-state index contributed by atoms with van der Waals surface area (Å²) in [5.74, 6) is 0. The second kappa shape index (κ2) is 10.6. The van der Waals surface area contributed by atoms with Gasteiger partial charge >= 0.3 is 0 Å². The van der Waals surface area contributed by atoms with E-state index in [0.29, 0.717) is 0 Å². The molecule has 0 saturated carbocycles. The maximum absolute atomic E-state index is 2.47. The van der Waals surface area contributed by atoms with Gasteiger partial charge in [0.05, 0.1) is 22.1 Å². The minimum Gasteiger partial charge on any atom is -0.310 e. The molecule has 0 unspecified atom stereocenters. The molecule has 0 saturated heterocycles. The summed E-state index contributed by atoms with van der Waals surface area (Å²) in [6.45, 7) is 0. The van der Waals surface area contributed by atoms with Crippen LogP contribution < -0.4 is 4.90 Å². The Morgan fingerprint density at radius 2 is 0.981 bits per heavy atom. The molecular weight excluding hydrogens is 641 g/mol. The number of para-hydroxylation sites is 2. The Kier molecular flexibility index (Phi) is 5.73. The maximum Gasteiger partial charge on any atom is 0.0726 e. The monoisotopic (exact) mass is 672 g/mol. The van der Waals surface area contributed by atoms with Crippen molar-refractivity contribution in [1.29, 1.82) is 0 Å². The Morgan fingerprint density at radius 3 is 1.79 bits per heavy atom. The van der Waals surface area contributed by atoms with E-state index in [1.807, 2.05) is 0 Å². The van der Waals surface area contributed by atoms with Gasteiger partial charge in [0, 0.05) is 33.2 Å². The predicted octanol–water partition coefficient (Wildman–Crippen LogP) is 13.2. The van der Waals surface area contributed by atoms with Gasteiger partial charge in [-0.2, -0.15) is 0 Å². The van der Waals surface area contributed by atoms with E-state index in [-0.39, 0.29) is 5.41 Å². The summed E-state index contributed by atoms with van der Waals surface area (Å²) in [5, 5.41) is 7.90. The Morgan fingerprint density at radius 1 is 0.377 bits per heavy atom. The largest absolute Gasteiger partial charge is 0.310 e. The van der Waals surface area contributed by atoms with Crippen molar-refractivity contribution < 1.29 is 0 Å². The summed E-state index contributed by atoms with van der Waals surface area (Å²) >= 11 is 0. The number of nitrogens with zero attached hydrogens (tertiary/aromatic N) is 2. The average molecular weight is 673 g/mol. The summed E-state index contributed by atoms with van der Waals surface area (Å²) in [5.41, 5.74) is 14.9. The zero-order valence-electron chi connectivity index (χ0n) is 28.9. The van der Waals surface area contributed by atoms with Gasteiger partial charge in [0.1, 0.15) is 0 Å². The molecule has 1 heterocycles. The number of hydrogen-bond acceptors (Lipinski definition) is 1. The third-order valence-corrected chi connectivity index (χ3v) is 11.9. The van der Waals surface area contributed by atoms with Crippen LogP contribution in [-0.4, -0.2) is 4.57 Å². The van der Waals surface area contributed by atoms with E-state index in [0.717, 1.165) is 17.1 Å². The molecule has 2 nitrogen and oxygen atoms in total. The third-order valence-electron chi connectivity index (χ3n) is 11.9. The first-order valence-electron chi connectivity index (χ1n) is 18.4. The zero-order valence-corrected chi connectivity index (χ0v) is 28.9. The molecule has 9 aromatic carbocycles. The molecule has 0 bridgehead atoms. The van der Waals surface area contributed by atoms with Crippen LogP contribution in [0.5, 0.6) is 0 Å². The van der Waals surface area contributed by atoms with Crippen LogP contribution in [-0.2, 0) is 5.41 Å². The van der Waals surface area contributed by atoms with E-state index < -0.39 is 0 Å². The van der Waals surface area contributed by atoms with E-state index in [2.05, 4.69) is 204 Å². The summed E-state index contributed by atoms with van der Waals surface area (Å²) in [6, 6.07) is 71.6. The lowest BCUT2D eigenvalue weighted by molar-refractivity contribution is 0.701. The van der Waals surface area contributed by atoms with Crippen LogP contribution >= 0.6 is 0 Å². The van der Waals surface area contributed by atoms with Crippen LogP contribution in [0.2, 0.25) is 0 Å². The highest BCUT2D eigenvalue weighted by Gasteiger charge is 2.54. The quantitative estimate of drug-likeness (QED) is 0.177. The fraction of sp³-hybridized carbons (Fsp3) is 0.0196. The second-order valence-electron chi connectivity index (χ2n) is 14.5. The minimum atomic E-state index is -0.156. The van der Waals surface area contributed by atoms with Crippen molar-refractivity contribution >= 4 is 60.4 Å². The van der Waals surface area contributed by atoms with Crippen LogP contribution in [0.1, 0.15) is 22.3 Å². The van der Waals surface area contributed by atoms with Gasteiger partial charge in [-0.15, -0.1) is 0 Å². The molecule has 2 heteroatoms. The van der Waals surface area contributed by atoms with E-state index in [1.165, 1.54) is 82.4 Å². The summed E-state index contributed by atoms with van der Waals surface area (Å²) in [7, 11) is 0. The number of aromatic nitrogens is 1. The Hall–Kier alpha value is -6.90. The fourth-order valence-electron chi connectivity index (χ4n) is 9.76. The van der Waals surface area contributed by atoms with Gasteiger partial charge in [0.15, 0.2) is 0 Å². The van der Waals surface area contributed by atoms with Crippen LogP contribution in [0.25, 0.3) is 60.2 Å². The van der Waals surface area contributed by atoms with E-state index in [4.69, 9.17) is 0 Å². The first kappa shape index (κ1) is 28.8. The van der Waals surface area contributed by atoms with Crippen molar-refractivity contribution in [3.8, 4) is 16.8 Å². The predicted molar refractivity (Wildman–Crippen MR) is 221 cm³/mol. The van der Waals surface area contributed by atoms with Crippen molar-refractivity contribution in [3.05, 3.63) is 216 Å². The smallest absolute Gasteiger partial charge is 0.0726 e. The van der Waals surface area contributed by atoms with Gasteiger partial charge in [-0.25, -0.2) is 0 Å². The molecule has 2 aliphatic carbocycles. The number of benzene rings is 9. The van der Waals surface area contributed by atoms with Crippen LogP contribution in [0.4, 0.5) is 17.1 Å². The molecule has 0 atom stereocenters. The minimum absolute atomic E-state index is 0.156. The molecule has 246 valence electrons. The molecule has 2 aliphatic rings. The lowest BCUT2D eigenvalue weighted by Crippen LogP contribution is -2.43. The molecule has 53 heavy (non-hydrogen) atoms. The first-order chi connectivity index (χ1) is 26.3. The number of hydrogen-bond donors (Lipinski definition) is 0. The molecule has 10 aromatic rings. The molecule has 1 spiro atoms. The van der Waals surface area contributed by atoms with Gasteiger partial charge in [-0.3, -0.25) is 0 Å². The molecular formula is C51H32N2. The third kappa shape index (κ3) is 3.72. The SMILES string of the molecule is c1ccc(-c2cccc(N(c3ccc4c5ccccc5n(-c5ccccc5)c4c3)c3ccc4c5c(cccc35)C43c4cccc5cccc3c45)c2)cc1. The van der Waals surface area contributed by atoms with E-state index >= 15 is 0 Å². The second-order valence-corrected chi connectivity index (χ2v) is 14.5. The fourth-order valence-corrected chi connectivity index (χ4v) is 9.76. The van der Waals surface area contributed by atoms with Crippen molar-refractivity contribution in [3.63, 3.8) is 0 Å². The highest BCUT2D eigenvalue weighted by atomic mass is 15.1. The number of anilines is 3.